The molecule has 0 saturated heterocycles. The standard InChI is InChI=1S/C12H12ClN/c1-10-6-5-9-14(13)12(10)11-7-3-2-4-8-11/h2-9,12H,1H3. The molecule has 2 heteroatoms. The lowest BCUT2D eigenvalue weighted by Gasteiger charge is -2.27. The Balaban J connectivity index is 2.35. The first-order valence-corrected chi connectivity index (χ1v) is 4.97. The normalized spacial score (nSPS) is 20.9. The molecule has 0 amide bonds. The van der Waals surface area contributed by atoms with Crippen LogP contribution in [0.25, 0.3) is 0 Å². The summed E-state index contributed by atoms with van der Waals surface area (Å²) in [5, 5.41) is 0. The third-order valence-corrected chi connectivity index (χ3v) is 2.69. The molecule has 0 spiro atoms. The van der Waals surface area contributed by atoms with Crippen molar-refractivity contribution in [2.75, 3.05) is 0 Å². The van der Waals surface area contributed by atoms with E-state index in [9.17, 15) is 0 Å². The molecule has 0 saturated carbocycles. The van der Waals surface area contributed by atoms with E-state index in [1.54, 1.807) is 4.42 Å². The molecule has 14 heavy (non-hydrogen) atoms. The molecule has 2 rings (SSSR count). The van der Waals surface area contributed by atoms with E-state index >= 15 is 0 Å². The SMILES string of the molecule is CC1=CC=CN(Cl)C1c1ccccc1. The van der Waals surface area contributed by atoms with Gasteiger partial charge in [-0.25, -0.2) is 0 Å². The molecule has 1 nitrogen and oxygen atoms in total. The zero-order valence-electron chi connectivity index (χ0n) is 8.02. The van der Waals surface area contributed by atoms with Crippen LogP contribution in [0.2, 0.25) is 0 Å². The van der Waals surface area contributed by atoms with Gasteiger partial charge in [-0.2, -0.15) is 0 Å². The Labute approximate surface area is 89.4 Å². The van der Waals surface area contributed by atoms with E-state index in [2.05, 4.69) is 25.1 Å². The van der Waals surface area contributed by atoms with Gasteiger partial charge in [0.2, 0.25) is 0 Å². The maximum Gasteiger partial charge on any atom is 0.0913 e. The summed E-state index contributed by atoms with van der Waals surface area (Å²) in [5.74, 6) is 0. The Kier molecular flexibility index (Phi) is 2.60. The quantitative estimate of drug-likeness (QED) is 0.633. The fourth-order valence-corrected chi connectivity index (χ4v) is 2.02. The topological polar surface area (TPSA) is 3.24 Å². The summed E-state index contributed by atoms with van der Waals surface area (Å²) < 4.78 is 1.71. The minimum Gasteiger partial charge on any atom is -0.281 e. The van der Waals surface area contributed by atoms with Crippen molar-refractivity contribution < 1.29 is 0 Å². The Bertz CT molecular complexity index is 367. The van der Waals surface area contributed by atoms with E-state index in [1.807, 2.05) is 30.5 Å². The molecule has 1 aromatic carbocycles. The summed E-state index contributed by atoms with van der Waals surface area (Å²) in [6.45, 7) is 2.09. The molecular weight excluding hydrogens is 194 g/mol. The van der Waals surface area contributed by atoms with Gasteiger partial charge in [0.1, 0.15) is 0 Å². The van der Waals surface area contributed by atoms with Crippen LogP contribution in [0.3, 0.4) is 0 Å². The van der Waals surface area contributed by atoms with Crippen LogP contribution in [0.1, 0.15) is 18.5 Å². The molecule has 0 fully saturated rings. The largest absolute Gasteiger partial charge is 0.281 e. The average Bonchev–Trinajstić information content (AvgIpc) is 2.19. The van der Waals surface area contributed by atoms with Crippen molar-refractivity contribution >= 4 is 11.8 Å². The van der Waals surface area contributed by atoms with Crippen LogP contribution in [0.4, 0.5) is 0 Å². The number of hydrogen-bond acceptors (Lipinski definition) is 1. The summed E-state index contributed by atoms with van der Waals surface area (Å²) in [6.07, 6.45) is 5.94. The monoisotopic (exact) mass is 205 g/mol. The van der Waals surface area contributed by atoms with Crippen molar-refractivity contribution in [2.45, 2.75) is 13.0 Å². The highest BCUT2D eigenvalue weighted by atomic mass is 35.5. The fraction of sp³-hybridized carbons (Fsp3) is 0.167. The van der Waals surface area contributed by atoms with E-state index in [0.717, 1.165) is 0 Å². The zero-order valence-corrected chi connectivity index (χ0v) is 8.78. The second-order valence-electron chi connectivity index (χ2n) is 3.41. The second kappa shape index (κ2) is 3.89. The second-order valence-corrected chi connectivity index (χ2v) is 3.80. The number of hydrogen-bond donors (Lipinski definition) is 0. The van der Waals surface area contributed by atoms with Crippen molar-refractivity contribution in [3.63, 3.8) is 0 Å². The molecule has 72 valence electrons. The van der Waals surface area contributed by atoms with E-state index in [1.165, 1.54) is 11.1 Å². The number of allylic oxidation sites excluding steroid dienone is 2. The molecule has 1 atom stereocenters. The van der Waals surface area contributed by atoms with Gasteiger partial charge in [-0.15, -0.1) is 0 Å². The van der Waals surface area contributed by atoms with Crippen molar-refractivity contribution in [3.8, 4) is 0 Å². The molecule has 1 aliphatic rings. The van der Waals surface area contributed by atoms with Crippen LogP contribution >= 0.6 is 11.8 Å². The predicted molar refractivity (Wildman–Crippen MR) is 59.8 cm³/mol. The van der Waals surface area contributed by atoms with E-state index < -0.39 is 0 Å². The van der Waals surface area contributed by atoms with Gasteiger partial charge >= 0.3 is 0 Å². The van der Waals surface area contributed by atoms with Crippen LogP contribution in [0, 0.1) is 0 Å². The van der Waals surface area contributed by atoms with E-state index in [0.29, 0.717) is 0 Å². The third kappa shape index (κ3) is 1.68. The number of nitrogens with zero attached hydrogens (tertiary/aromatic N) is 1. The van der Waals surface area contributed by atoms with Gasteiger partial charge in [0.15, 0.2) is 0 Å². The number of benzene rings is 1. The summed E-state index contributed by atoms with van der Waals surface area (Å²) in [5.41, 5.74) is 2.48. The third-order valence-electron chi connectivity index (χ3n) is 2.38. The zero-order chi connectivity index (χ0) is 9.97. The van der Waals surface area contributed by atoms with Gasteiger partial charge in [-0.1, -0.05) is 36.4 Å². The summed E-state index contributed by atoms with van der Waals surface area (Å²) >= 11 is 6.12. The maximum absolute atomic E-state index is 6.12. The molecule has 1 aromatic rings. The van der Waals surface area contributed by atoms with Crippen molar-refractivity contribution in [2.24, 2.45) is 0 Å². The highest BCUT2D eigenvalue weighted by molar-refractivity contribution is 6.14. The van der Waals surface area contributed by atoms with Crippen LogP contribution in [-0.2, 0) is 0 Å². The molecule has 0 aromatic heterocycles. The van der Waals surface area contributed by atoms with Crippen molar-refractivity contribution in [1.29, 1.82) is 0 Å². The predicted octanol–water partition coefficient (Wildman–Crippen LogP) is 3.66. The van der Waals surface area contributed by atoms with Gasteiger partial charge in [0, 0.05) is 18.0 Å². The maximum atomic E-state index is 6.12. The van der Waals surface area contributed by atoms with Gasteiger partial charge in [0.25, 0.3) is 0 Å². The highest BCUT2D eigenvalue weighted by Crippen LogP contribution is 2.32. The molecule has 1 unspecified atom stereocenters. The first-order valence-electron chi connectivity index (χ1n) is 4.63. The smallest absolute Gasteiger partial charge is 0.0913 e. The van der Waals surface area contributed by atoms with Crippen molar-refractivity contribution in [3.05, 3.63) is 59.8 Å². The van der Waals surface area contributed by atoms with Crippen molar-refractivity contribution in [1.82, 2.24) is 4.42 Å². The summed E-state index contributed by atoms with van der Waals surface area (Å²) in [4.78, 5) is 0. The molecule has 1 heterocycles. The molecule has 0 aliphatic carbocycles. The van der Waals surface area contributed by atoms with Gasteiger partial charge < -0.3 is 0 Å². The minimum absolute atomic E-state index is 0.169. The lowest BCUT2D eigenvalue weighted by atomic mass is 9.98. The Morgan fingerprint density at radius 3 is 2.57 bits per heavy atom. The van der Waals surface area contributed by atoms with Crippen LogP contribution in [0.15, 0.2) is 54.3 Å². The Hall–Kier alpha value is -1.21. The summed E-state index contributed by atoms with van der Waals surface area (Å²) in [6, 6.07) is 10.4. The molecule has 0 N–H and O–H groups in total. The number of rotatable bonds is 1. The molecule has 1 aliphatic heterocycles. The van der Waals surface area contributed by atoms with Gasteiger partial charge in [-0.3, -0.25) is 4.42 Å². The molecule has 0 radical (unpaired) electrons. The Morgan fingerprint density at radius 2 is 1.93 bits per heavy atom. The highest BCUT2D eigenvalue weighted by Gasteiger charge is 2.19. The lowest BCUT2D eigenvalue weighted by Crippen LogP contribution is -2.17. The number of halogens is 1. The fourth-order valence-electron chi connectivity index (χ4n) is 1.69. The lowest BCUT2D eigenvalue weighted by molar-refractivity contribution is 0.493. The first kappa shape index (κ1) is 9.35. The Morgan fingerprint density at radius 1 is 1.21 bits per heavy atom. The van der Waals surface area contributed by atoms with Crippen LogP contribution < -0.4 is 0 Å². The van der Waals surface area contributed by atoms with Gasteiger partial charge in [-0.05, 0) is 24.1 Å². The van der Waals surface area contributed by atoms with Crippen LogP contribution in [0.5, 0.6) is 0 Å². The van der Waals surface area contributed by atoms with E-state index in [-0.39, 0.29) is 6.04 Å². The van der Waals surface area contributed by atoms with Gasteiger partial charge in [0.05, 0.1) is 6.04 Å². The summed E-state index contributed by atoms with van der Waals surface area (Å²) in [7, 11) is 0. The minimum atomic E-state index is 0.169. The first-order chi connectivity index (χ1) is 6.79. The molecule has 0 bridgehead atoms. The van der Waals surface area contributed by atoms with E-state index in [4.69, 9.17) is 11.8 Å². The average molecular weight is 206 g/mol. The van der Waals surface area contributed by atoms with Crippen LogP contribution in [-0.4, -0.2) is 4.42 Å². The molecular formula is C12H12ClN.